The number of nitrogens with zero attached hydrogens (tertiary/aromatic N) is 2. The van der Waals surface area contributed by atoms with Gasteiger partial charge in [0.25, 0.3) is 0 Å². The molecule has 2 rings (SSSR count). The monoisotopic (exact) mass is 355 g/mol. The molecule has 1 aromatic carbocycles. The average molecular weight is 355 g/mol. The van der Waals surface area contributed by atoms with Crippen LogP contribution in [-0.2, 0) is 14.6 Å². The summed E-state index contributed by atoms with van der Waals surface area (Å²) in [6.45, 7) is 1.10. The van der Waals surface area contributed by atoms with E-state index >= 15 is 0 Å². The number of nitrogens with one attached hydrogen (secondary N) is 1. The highest BCUT2D eigenvalue weighted by Gasteiger charge is 2.31. The quantitative estimate of drug-likeness (QED) is 0.631. The summed E-state index contributed by atoms with van der Waals surface area (Å²) in [7, 11) is -2.10. The van der Waals surface area contributed by atoms with Crippen LogP contribution in [0.25, 0.3) is 0 Å². The average Bonchev–Trinajstić information content (AvgIpc) is 2.53. The minimum absolute atomic E-state index is 0.0153. The Morgan fingerprint density at radius 2 is 2.00 bits per heavy atom. The molecule has 0 bridgehead atoms. The summed E-state index contributed by atoms with van der Waals surface area (Å²) < 4.78 is 23.7. The summed E-state index contributed by atoms with van der Waals surface area (Å²) in [5.74, 6) is 0.219. The molecule has 1 aliphatic rings. The maximum Gasteiger partial charge on any atom is 0.311 e. The normalized spacial score (nSPS) is 16.0. The molecule has 0 aliphatic carbocycles. The van der Waals surface area contributed by atoms with Crippen molar-refractivity contribution in [2.75, 3.05) is 31.3 Å². The first kappa shape index (κ1) is 18.2. The topological polar surface area (TPSA) is 110 Å². The lowest BCUT2D eigenvalue weighted by Crippen LogP contribution is -2.36. The number of nitro benzene ring substituents is 1. The molecular formula is C15H21N3O5S. The van der Waals surface area contributed by atoms with E-state index in [1.165, 1.54) is 12.1 Å². The Balaban J connectivity index is 2.25. The molecule has 1 saturated heterocycles. The summed E-state index contributed by atoms with van der Waals surface area (Å²) >= 11 is 0. The molecule has 1 amide bonds. The fraction of sp³-hybridized carbons (Fsp3) is 0.533. The SMILES string of the molecule is CNC(=O)CC1CCN(c2cccc(S(C)(=O)=O)c2[N+](=O)[O-])CC1. The number of carbonyl (C=O) groups excluding carboxylic acids is 1. The third kappa shape index (κ3) is 4.02. The van der Waals surface area contributed by atoms with Gasteiger partial charge in [0, 0.05) is 32.8 Å². The van der Waals surface area contributed by atoms with Gasteiger partial charge < -0.3 is 10.2 Å². The Labute approximate surface area is 140 Å². The summed E-state index contributed by atoms with van der Waals surface area (Å²) in [5.41, 5.74) is -0.0499. The lowest BCUT2D eigenvalue weighted by molar-refractivity contribution is -0.387. The highest BCUT2D eigenvalue weighted by atomic mass is 32.2. The number of benzene rings is 1. The van der Waals surface area contributed by atoms with E-state index in [9.17, 15) is 23.3 Å². The standard InChI is InChI=1S/C15H21N3O5S/c1-16-14(19)10-11-6-8-17(9-7-11)12-4-3-5-13(24(2,22)23)15(12)18(20)21/h3-5,11H,6-10H2,1-2H3,(H,16,19). The van der Waals surface area contributed by atoms with Crippen molar-refractivity contribution in [1.29, 1.82) is 0 Å². The molecule has 132 valence electrons. The van der Waals surface area contributed by atoms with Crippen LogP contribution in [0, 0.1) is 16.0 Å². The number of carbonyl (C=O) groups is 1. The van der Waals surface area contributed by atoms with Crippen molar-refractivity contribution in [2.24, 2.45) is 5.92 Å². The van der Waals surface area contributed by atoms with E-state index in [-0.39, 0.29) is 22.4 Å². The van der Waals surface area contributed by atoms with E-state index in [0.29, 0.717) is 25.2 Å². The Morgan fingerprint density at radius 1 is 1.38 bits per heavy atom. The Bertz CT molecular complexity index is 739. The molecule has 1 aromatic rings. The van der Waals surface area contributed by atoms with E-state index in [0.717, 1.165) is 19.1 Å². The van der Waals surface area contributed by atoms with Gasteiger partial charge in [-0.1, -0.05) is 6.07 Å². The van der Waals surface area contributed by atoms with Crippen molar-refractivity contribution in [3.05, 3.63) is 28.3 Å². The molecule has 0 atom stereocenters. The zero-order chi connectivity index (χ0) is 17.9. The molecule has 1 aliphatic heterocycles. The molecule has 1 heterocycles. The number of para-hydroxylation sites is 1. The van der Waals surface area contributed by atoms with Crippen molar-refractivity contribution in [3.8, 4) is 0 Å². The van der Waals surface area contributed by atoms with Crippen LogP contribution >= 0.6 is 0 Å². The van der Waals surface area contributed by atoms with Crippen LogP contribution in [0.4, 0.5) is 11.4 Å². The van der Waals surface area contributed by atoms with E-state index < -0.39 is 14.8 Å². The molecule has 0 aromatic heterocycles. The summed E-state index contributed by atoms with van der Waals surface area (Å²) in [6.07, 6.45) is 2.87. The lowest BCUT2D eigenvalue weighted by Gasteiger charge is -2.33. The molecular weight excluding hydrogens is 334 g/mol. The van der Waals surface area contributed by atoms with Crippen LogP contribution in [-0.4, -0.2) is 45.6 Å². The predicted molar refractivity (Wildman–Crippen MR) is 89.8 cm³/mol. The summed E-state index contributed by atoms with van der Waals surface area (Å²) in [6, 6.07) is 4.36. The Hall–Kier alpha value is -2.16. The highest BCUT2D eigenvalue weighted by molar-refractivity contribution is 7.90. The zero-order valence-corrected chi connectivity index (χ0v) is 14.5. The van der Waals surface area contributed by atoms with Crippen LogP contribution in [0.5, 0.6) is 0 Å². The Morgan fingerprint density at radius 3 is 2.50 bits per heavy atom. The van der Waals surface area contributed by atoms with E-state index in [2.05, 4.69) is 5.32 Å². The third-order valence-corrected chi connectivity index (χ3v) is 5.40. The molecule has 8 nitrogen and oxygen atoms in total. The van der Waals surface area contributed by atoms with Gasteiger partial charge in [-0.3, -0.25) is 14.9 Å². The second kappa shape index (κ2) is 7.16. The number of amides is 1. The summed E-state index contributed by atoms with van der Waals surface area (Å²) in [5, 5.41) is 14.0. The second-order valence-electron chi connectivity index (χ2n) is 5.96. The van der Waals surface area contributed by atoms with E-state index in [1.807, 2.05) is 4.90 Å². The van der Waals surface area contributed by atoms with Gasteiger partial charge in [0.2, 0.25) is 5.91 Å². The van der Waals surface area contributed by atoms with Crippen molar-refractivity contribution in [3.63, 3.8) is 0 Å². The fourth-order valence-corrected chi connectivity index (χ4v) is 3.85. The molecule has 24 heavy (non-hydrogen) atoms. The first-order valence-electron chi connectivity index (χ1n) is 7.67. The third-order valence-electron chi connectivity index (χ3n) is 4.27. The zero-order valence-electron chi connectivity index (χ0n) is 13.7. The summed E-state index contributed by atoms with van der Waals surface area (Å²) in [4.78, 5) is 23.8. The smallest absolute Gasteiger partial charge is 0.311 e. The molecule has 9 heteroatoms. The molecule has 0 spiro atoms. The number of hydrogen-bond acceptors (Lipinski definition) is 6. The van der Waals surface area contributed by atoms with Crippen LogP contribution in [0.3, 0.4) is 0 Å². The lowest BCUT2D eigenvalue weighted by atomic mass is 9.93. The van der Waals surface area contributed by atoms with Gasteiger partial charge in [-0.25, -0.2) is 8.42 Å². The number of piperidine rings is 1. The highest BCUT2D eigenvalue weighted by Crippen LogP contribution is 2.36. The molecule has 0 radical (unpaired) electrons. The van der Waals surface area contributed by atoms with Crippen LogP contribution < -0.4 is 10.2 Å². The molecule has 1 fully saturated rings. The van der Waals surface area contributed by atoms with Gasteiger partial charge in [-0.15, -0.1) is 0 Å². The maximum absolute atomic E-state index is 11.8. The first-order valence-corrected chi connectivity index (χ1v) is 9.56. The van der Waals surface area contributed by atoms with Crippen LogP contribution in [0.15, 0.2) is 23.1 Å². The number of nitro groups is 1. The maximum atomic E-state index is 11.8. The number of hydrogen-bond donors (Lipinski definition) is 1. The first-order chi connectivity index (χ1) is 11.2. The molecule has 0 unspecified atom stereocenters. The Kier molecular flexibility index (Phi) is 5.43. The predicted octanol–water partition coefficient (Wildman–Crippen LogP) is 1.35. The number of anilines is 1. The van der Waals surface area contributed by atoms with E-state index in [1.54, 1.807) is 13.1 Å². The van der Waals surface area contributed by atoms with Crippen molar-refractivity contribution in [1.82, 2.24) is 5.32 Å². The second-order valence-corrected chi connectivity index (χ2v) is 7.95. The van der Waals surface area contributed by atoms with Crippen molar-refractivity contribution >= 4 is 27.1 Å². The largest absolute Gasteiger partial charge is 0.366 e. The molecule has 1 N–H and O–H groups in total. The van der Waals surface area contributed by atoms with Gasteiger partial charge in [-0.05, 0) is 30.9 Å². The van der Waals surface area contributed by atoms with Crippen LogP contribution in [0.2, 0.25) is 0 Å². The number of sulfone groups is 1. The van der Waals surface area contributed by atoms with Gasteiger partial charge in [-0.2, -0.15) is 0 Å². The molecule has 0 saturated carbocycles. The minimum atomic E-state index is -3.69. The van der Waals surface area contributed by atoms with Gasteiger partial charge in [0.05, 0.1) is 4.92 Å². The fourth-order valence-electron chi connectivity index (χ4n) is 2.99. The number of rotatable bonds is 5. The van der Waals surface area contributed by atoms with E-state index in [4.69, 9.17) is 0 Å². The minimum Gasteiger partial charge on any atom is -0.366 e. The van der Waals surface area contributed by atoms with Gasteiger partial charge in [0.1, 0.15) is 10.6 Å². The van der Waals surface area contributed by atoms with Crippen molar-refractivity contribution in [2.45, 2.75) is 24.2 Å². The van der Waals surface area contributed by atoms with Gasteiger partial charge >= 0.3 is 5.69 Å². The van der Waals surface area contributed by atoms with Crippen molar-refractivity contribution < 1.29 is 18.1 Å². The van der Waals surface area contributed by atoms with Gasteiger partial charge in [0.15, 0.2) is 9.84 Å². The van der Waals surface area contributed by atoms with Crippen LogP contribution in [0.1, 0.15) is 19.3 Å².